The summed E-state index contributed by atoms with van der Waals surface area (Å²) in [4.78, 5) is 2.38. The molecule has 4 heteroatoms. The lowest BCUT2D eigenvalue weighted by atomic mass is 9.86. The van der Waals surface area contributed by atoms with Gasteiger partial charge in [0.15, 0.2) is 0 Å². The number of aryl methyl sites for hydroxylation is 2. The van der Waals surface area contributed by atoms with E-state index < -0.39 is 11.7 Å². The summed E-state index contributed by atoms with van der Waals surface area (Å²) in [5, 5.41) is 21.6. The maximum atomic E-state index is 11.1. The van der Waals surface area contributed by atoms with E-state index in [0.29, 0.717) is 19.0 Å². The van der Waals surface area contributed by atoms with E-state index in [2.05, 4.69) is 17.9 Å². The number of aliphatic hydroxyl groups is 2. The average Bonchev–Trinajstić information content (AvgIpc) is 2.62. The van der Waals surface area contributed by atoms with Gasteiger partial charge in [-0.15, -0.1) is 0 Å². The number of hydrogen-bond acceptors (Lipinski definition) is 4. The number of hydrogen-bond donors (Lipinski definition) is 2. The first-order valence-corrected chi connectivity index (χ1v) is 9.75. The molecule has 2 aliphatic rings. The van der Waals surface area contributed by atoms with Gasteiger partial charge >= 0.3 is 0 Å². The number of ether oxygens (including phenoxy) is 1. The van der Waals surface area contributed by atoms with Crippen LogP contribution in [0.15, 0.2) is 12.1 Å². The summed E-state index contributed by atoms with van der Waals surface area (Å²) >= 11 is 0. The largest absolute Gasteiger partial charge is 0.490 e. The summed E-state index contributed by atoms with van der Waals surface area (Å²) in [7, 11) is 0. The third-order valence-corrected chi connectivity index (χ3v) is 6.22. The molecular formula is C21H33NO3. The van der Waals surface area contributed by atoms with Crippen molar-refractivity contribution in [3.8, 4) is 5.75 Å². The van der Waals surface area contributed by atoms with Crippen LogP contribution < -0.4 is 4.74 Å². The predicted octanol–water partition coefficient (Wildman–Crippen LogP) is 3.12. The molecule has 1 heterocycles. The van der Waals surface area contributed by atoms with Crippen molar-refractivity contribution in [2.24, 2.45) is 0 Å². The Morgan fingerprint density at radius 3 is 2.48 bits per heavy atom. The molecule has 1 saturated carbocycles. The molecule has 1 aromatic carbocycles. The third-order valence-electron chi connectivity index (χ3n) is 6.22. The van der Waals surface area contributed by atoms with Gasteiger partial charge in [0.1, 0.15) is 18.0 Å². The van der Waals surface area contributed by atoms with Crippen molar-refractivity contribution in [3.05, 3.63) is 28.8 Å². The van der Waals surface area contributed by atoms with Gasteiger partial charge in [0, 0.05) is 19.1 Å². The van der Waals surface area contributed by atoms with Crippen LogP contribution in [-0.4, -0.2) is 52.6 Å². The van der Waals surface area contributed by atoms with Crippen molar-refractivity contribution in [2.45, 2.75) is 77.0 Å². The van der Waals surface area contributed by atoms with E-state index in [0.717, 1.165) is 23.4 Å². The Balaban J connectivity index is 1.70. The highest BCUT2D eigenvalue weighted by Gasteiger charge is 2.43. The number of likely N-dealkylation sites (tertiary alicyclic amines) is 1. The van der Waals surface area contributed by atoms with Crippen LogP contribution in [0.3, 0.4) is 0 Å². The Labute approximate surface area is 151 Å². The van der Waals surface area contributed by atoms with Crippen molar-refractivity contribution >= 4 is 0 Å². The van der Waals surface area contributed by atoms with Crippen molar-refractivity contribution in [2.75, 3.05) is 19.7 Å². The van der Waals surface area contributed by atoms with E-state index in [1.165, 1.54) is 37.7 Å². The molecule has 1 aliphatic heterocycles. The Kier molecular flexibility index (Phi) is 5.71. The van der Waals surface area contributed by atoms with Gasteiger partial charge in [-0.2, -0.15) is 0 Å². The van der Waals surface area contributed by atoms with E-state index in [9.17, 15) is 10.2 Å². The molecule has 25 heavy (non-hydrogen) atoms. The molecule has 0 radical (unpaired) electrons. The lowest BCUT2D eigenvalue weighted by Crippen LogP contribution is -2.62. The van der Waals surface area contributed by atoms with E-state index in [-0.39, 0.29) is 6.61 Å². The number of β-amino-alcohol motifs (C(OH)–C–C–N with tert-alkyl or cyclic N) is 1. The number of aliphatic hydroxyl groups excluding tert-OH is 1. The zero-order valence-electron chi connectivity index (χ0n) is 15.9. The molecule has 140 valence electrons. The van der Waals surface area contributed by atoms with Crippen LogP contribution in [0.1, 0.15) is 55.2 Å². The molecule has 0 unspecified atom stereocenters. The molecule has 0 spiro atoms. The van der Waals surface area contributed by atoms with Gasteiger partial charge in [-0.1, -0.05) is 31.4 Å². The fourth-order valence-corrected chi connectivity index (χ4v) is 4.34. The van der Waals surface area contributed by atoms with Crippen LogP contribution in [0.2, 0.25) is 0 Å². The van der Waals surface area contributed by atoms with Crippen LogP contribution in [0.4, 0.5) is 0 Å². The molecule has 2 N–H and O–H groups in total. The first-order valence-electron chi connectivity index (χ1n) is 9.75. The Morgan fingerprint density at radius 1 is 1.08 bits per heavy atom. The number of nitrogens with zero attached hydrogens (tertiary/aromatic N) is 1. The summed E-state index contributed by atoms with van der Waals surface area (Å²) in [6, 6.07) is 4.69. The number of piperidine rings is 1. The second-order valence-corrected chi connectivity index (χ2v) is 8.11. The fourth-order valence-electron chi connectivity index (χ4n) is 4.34. The SMILES string of the molecule is Cc1ccc(C)c(OC[C@@]2(O)CN(C3CCCCC3)CC[C@@H]2O)c1C. The Morgan fingerprint density at radius 2 is 1.76 bits per heavy atom. The van der Waals surface area contributed by atoms with Crippen LogP contribution in [0.5, 0.6) is 5.75 Å². The quantitative estimate of drug-likeness (QED) is 0.879. The van der Waals surface area contributed by atoms with Crippen LogP contribution in [0, 0.1) is 20.8 Å². The Hall–Kier alpha value is -1.10. The minimum atomic E-state index is -1.20. The summed E-state index contributed by atoms with van der Waals surface area (Å²) in [6.07, 6.45) is 6.19. The van der Waals surface area contributed by atoms with Gasteiger partial charge < -0.3 is 14.9 Å². The van der Waals surface area contributed by atoms with Gasteiger partial charge in [-0.05, 0) is 56.7 Å². The summed E-state index contributed by atoms with van der Waals surface area (Å²) in [6.45, 7) is 7.66. The van der Waals surface area contributed by atoms with E-state index in [4.69, 9.17) is 4.74 Å². The molecule has 3 rings (SSSR count). The van der Waals surface area contributed by atoms with Crippen molar-refractivity contribution in [3.63, 3.8) is 0 Å². The Bertz CT molecular complexity index is 597. The van der Waals surface area contributed by atoms with Gasteiger partial charge in [0.05, 0.1) is 6.10 Å². The summed E-state index contributed by atoms with van der Waals surface area (Å²) in [5.41, 5.74) is 2.16. The van der Waals surface area contributed by atoms with Crippen LogP contribution >= 0.6 is 0 Å². The molecular weight excluding hydrogens is 314 g/mol. The maximum absolute atomic E-state index is 11.1. The van der Waals surface area contributed by atoms with E-state index in [1.54, 1.807) is 0 Å². The second kappa shape index (κ2) is 7.65. The molecule has 4 nitrogen and oxygen atoms in total. The standard InChI is InChI=1S/C21H33NO3/c1-15-9-10-16(2)20(17(15)3)25-14-21(24)13-22(12-11-19(21)23)18-7-5-4-6-8-18/h9-10,18-19,23-24H,4-8,11-14H2,1-3H3/t19-,21-/m0/s1. The topological polar surface area (TPSA) is 52.9 Å². The summed E-state index contributed by atoms with van der Waals surface area (Å²) < 4.78 is 6.06. The molecule has 1 aromatic rings. The molecule has 2 fully saturated rings. The van der Waals surface area contributed by atoms with Crippen molar-refractivity contribution < 1.29 is 14.9 Å². The van der Waals surface area contributed by atoms with E-state index in [1.807, 2.05) is 19.9 Å². The smallest absolute Gasteiger partial charge is 0.137 e. The predicted molar refractivity (Wildman–Crippen MR) is 100 cm³/mol. The van der Waals surface area contributed by atoms with Crippen LogP contribution in [0.25, 0.3) is 0 Å². The lowest BCUT2D eigenvalue weighted by molar-refractivity contribution is -0.146. The minimum absolute atomic E-state index is 0.141. The van der Waals surface area contributed by atoms with Gasteiger partial charge in [-0.3, -0.25) is 4.90 Å². The molecule has 0 bridgehead atoms. The highest BCUT2D eigenvalue weighted by atomic mass is 16.5. The highest BCUT2D eigenvalue weighted by Crippen LogP contribution is 2.31. The van der Waals surface area contributed by atoms with E-state index >= 15 is 0 Å². The normalized spacial score (nSPS) is 28.9. The zero-order chi connectivity index (χ0) is 18.0. The average molecular weight is 347 g/mol. The van der Waals surface area contributed by atoms with Crippen molar-refractivity contribution in [1.29, 1.82) is 0 Å². The molecule has 0 aromatic heterocycles. The maximum Gasteiger partial charge on any atom is 0.137 e. The van der Waals surface area contributed by atoms with Gasteiger partial charge in [0.25, 0.3) is 0 Å². The first-order chi connectivity index (χ1) is 11.9. The zero-order valence-corrected chi connectivity index (χ0v) is 15.9. The van der Waals surface area contributed by atoms with Gasteiger partial charge in [-0.25, -0.2) is 0 Å². The van der Waals surface area contributed by atoms with Gasteiger partial charge in [0.2, 0.25) is 0 Å². The fraction of sp³-hybridized carbons (Fsp3) is 0.714. The highest BCUT2D eigenvalue weighted by molar-refractivity contribution is 5.44. The molecule has 1 aliphatic carbocycles. The summed E-state index contributed by atoms with van der Waals surface area (Å²) in [5.74, 6) is 0.843. The molecule has 2 atom stereocenters. The first kappa shape index (κ1) is 18.7. The second-order valence-electron chi connectivity index (χ2n) is 8.11. The van der Waals surface area contributed by atoms with Crippen LogP contribution in [-0.2, 0) is 0 Å². The number of benzene rings is 1. The molecule has 1 saturated heterocycles. The van der Waals surface area contributed by atoms with Crippen molar-refractivity contribution in [1.82, 2.24) is 4.90 Å². The monoisotopic (exact) mass is 347 g/mol. The molecule has 0 amide bonds. The lowest BCUT2D eigenvalue weighted by Gasteiger charge is -2.46. The minimum Gasteiger partial charge on any atom is -0.490 e. The third kappa shape index (κ3) is 4.02. The number of rotatable bonds is 4.